The molecule has 1 saturated heterocycles. The number of hydrogen-bond acceptors (Lipinski definition) is 7. The molecule has 154 valence electrons. The molecule has 4 rings (SSSR count). The summed E-state index contributed by atoms with van der Waals surface area (Å²) in [6.07, 6.45) is 1.55. The van der Waals surface area contributed by atoms with Gasteiger partial charge in [-0.2, -0.15) is 18.7 Å². The minimum absolute atomic E-state index is 0.0138. The van der Waals surface area contributed by atoms with Crippen molar-refractivity contribution in [3.05, 3.63) is 29.7 Å². The molecule has 0 aromatic carbocycles. The number of rotatable bonds is 4. The van der Waals surface area contributed by atoms with E-state index in [0.29, 0.717) is 35.5 Å². The first-order chi connectivity index (χ1) is 14.2. The molecule has 11 heteroatoms. The Hall–Kier alpha value is -3.68. The van der Waals surface area contributed by atoms with Gasteiger partial charge in [-0.25, -0.2) is 15.0 Å². The summed E-state index contributed by atoms with van der Waals surface area (Å²) in [5.74, 6) is -2.72. The molecule has 1 aliphatic rings. The van der Waals surface area contributed by atoms with Crippen molar-refractivity contribution in [3.8, 4) is 12.0 Å². The molecule has 9 nitrogen and oxygen atoms in total. The summed E-state index contributed by atoms with van der Waals surface area (Å²) in [5, 5.41) is 16.8. The molecule has 0 radical (unpaired) electrons. The van der Waals surface area contributed by atoms with Crippen LogP contribution in [0.3, 0.4) is 0 Å². The molecule has 30 heavy (non-hydrogen) atoms. The Morgan fingerprint density at radius 3 is 2.70 bits per heavy atom. The van der Waals surface area contributed by atoms with E-state index in [-0.39, 0.29) is 23.6 Å². The number of nitriles is 1. The predicted molar refractivity (Wildman–Crippen MR) is 104 cm³/mol. The molecule has 4 heterocycles. The van der Waals surface area contributed by atoms with E-state index in [1.54, 1.807) is 19.2 Å². The standard InChI is InChI=1S/C19H18F2N8O/c1-10-4-15(19(3,20)21)26-18(24-10)29-14-5-16(25-11(2)30)23-7-13(14)17(27-29)28-8-12(6-22)9-28/h4-5,7,12H,8-9H2,1-3H3,(H,23,25,30). The number of nitrogens with one attached hydrogen (secondary N) is 1. The maximum absolute atomic E-state index is 13.9. The van der Waals surface area contributed by atoms with Gasteiger partial charge in [-0.15, -0.1) is 5.10 Å². The van der Waals surface area contributed by atoms with Gasteiger partial charge < -0.3 is 10.2 Å². The molecule has 0 bridgehead atoms. The molecule has 0 saturated carbocycles. The van der Waals surface area contributed by atoms with E-state index in [0.717, 1.165) is 6.92 Å². The number of nitrogens with zero attached hydrogens (tertiary/aromatic N) is 7. The number of aromatic nitrogens is 5. The van der Waals surface area contributed by atoms with Crippen LogP contribution in [0.5, 0.6) is 0 Å². The van der Waals surface area contributed by atoms with Gasteiger partial charge in [-0.1, -0.05) is 0 Å². The highest BCUT2D eigenvalue weighted by Gasteiger charge is 2.32. The van der Waals surface area contributed by atoms with E-state index in [1.807, 2.05) is 4.90 Å². The van der Waals surface area contributed by atoms with Crippen molar-refractivity contribution >= 4 is 28.4 Å². The van der Waals surface area contributed by atoms with Crippen LogP contribution in [0.25, 0.3) is 16.9 Å². The smallest absolute Gasteiger partial charge is 0.287 e. The lowest BCUT2D eigenvalue weighted by Crippen LogP contribution is -2.46. The third-order valence-corrected chi connectivity index (χ3v) is 4.70. The number of pyridine rings is 1. The maximum Gasteiger partial charge on any atom is 0.287 e. The summed E-state index contributed by atoms with van der Waals surface area (Å²) in [4.78, 5) is 25.9. The monoisotopic (exact) mass is 412 g/mol. The maximum atomic E-state index is 13.9. The highest BCUT2D eigenvalue weighted by atomic mass is 19.3. The summed E-state index contributed by atoms with van der Waals surface area (Å²) in [6.45, 7) is 4.73. The minimum atomic E-state index is -3.14. The van der Waals surface area contributed by atoms with Gasteiger partial charge in [0.2, 0.25) is 5.91 Å². The number of aryl methyl sites for hydroxylation is 1. The summed E-state index contributed by atoms with van der Waals surface area (Å²) in [6, 6.07) is 5.02. The average molecular weight is 412 g/mol. The fourth-order valence-electron chi connectivity index (χ4n) is 3.24. The van der Waals surface area contributed by atoms with Gasteiger partial charge in [0.05, 0.1) is 22.9 Å². The SMILES string of the molecule is CC(=O)Nc1cc2c(cn1)c(N1CC(C#N)C1)nn2-c1nc(C)cc(C(C)(F)F)n1. The second-order valence-electron chi connectivity index (χ2n) is 7.32. The summed E-state index contributed by atoms with van der Waals surface area (Å²) in [7, 11) is 0. The quantitative estimate of drug-likeness (QED) is 0.701. The number of halogens is 2. The molecular formula is C19H18F2N8O. The zero-order valence-electron chi connectivity index (χ0n) is 16.5. The van der Waals surface area contributed by atoms with Crippen molar-refractivity contribution in [2.45, 2.75) is 26.7 Å². The largest absolute Gasteiger partial charge is 0.352 e. The van der Waals surface area contributed by atoms with Crippen LogP contribution in [-0.4, -0.2) is 43.7 Å². The lowest BCUT2D eigenvalue weighted by atomic mass is 10.0. The lowest BCUT2D eigenvalue weighted by Gasteiger charge is -2.35. The van der Waals surface area contributed by atoms with Crippen LogP contribution in [0.15, 0.2) is 18.3 Å². The first kappa shape index (κ1) is 19.6. The van der Waals surface area contributed by atoms with Crippen LogP contribution < -0.4 is 10.2 Å². The Morgan fingerprint density at radius 1 is 1.33 bits per heavy atom. The summed E-state index contributed by atoms with van der Waals surface area (Å²) < 4.78 is 29.2. The van der Waals surface area contributed by atoms with Gasteiger partial charge in [-0.05, 0) is 13.0 Å². The van der Waals surface area contributed by atoms with Crippen molar-refractivity contribution in [2.24, 2.45) is 5.92 Å². The van der Waals surface area contributed by atoms with Gasteiger partial charge in [0.25, 0.3) is 11.9 Å². The van der Waals surface area contributed by atoms with Crippen LogP contribution in [0.4, 0.5) is 20.4 Å². The van der Waals surface area contributed by atoms with E-state index < -0.39 is 11.6 Å². The van der Waals surface area contributed by atoms with E-state index in [4.69, 9.17) is 5.26 Å². The molecule has 0 unspecified atom stereocenters. The number of alkyl halides is 2. The Kier molecular flexibility index (Phi) is 4.57. The van der Waals surface area contributed by atoms with Crippen molar-refractivity contribution in [3.63, 3.8) is 0 Å². The molecule has 0 aliphatic carbocycles. The molecule has 1 fully saturated rings. The molecule has 1 N–H and O–H groups in total. The second-order valence-corrected chi connectivity index (χ2v) is 7.32. The highest BCUT2D eigenvalue weighted by Crippen LogP contribution is 2.33. The van der Waals surface area contributed by atoms with E-state index in [1.165, 1.54) is 17.7 Å². The van der Waals surface area contributed by atoms with Gasteiger partial charge in [0, 0.05) is 44.9 Å². The van der Waals surface area contributed by atoms with Crippen LogP contribution in [0, 0.1) is 24.2 Å². The van der Waals surface area contributed by atoms with E-state index in [2.05, 4.69) is 31.4 Å². The molecular weight excluding hydrogens is 394 g/mol. The predicted octanol–water partition coefficient (Wildman–Crippen LogP) is 2.55. The Morgan fingerprint density at radius 2 is 2.07 bits per heavy atom. The first-order valence-corrected chi connectivity index (χ1v) is 9.21. The van der Waals surface area contributed by atoms with Crippen molar-refractivity contribution in [2.75, 3.05) is 23.3 Å². The van der Waals surface area contributed by atoms with Gasteiger partial charge in [-0.3, -0.25) is 4.79 Å². The number of amides is 1. The number of anilines is 2. The number of fused-ring (bicyclic) bond motifs is 1. The number of carbonyl (C=O) groups is 1. The Balaban J connectivity index is 1.89. The summed E-state index contributed by atoms with van der Waals surface area (Å²) >= 11 is 0. The Labute approximate surface area is 170 Å². The van der Waals surface area contributed by atoms with Crippen LogP contribution >= 0.6 is 0 Å². The third-order valence-electron chi connectivity index (χ3n) is 4.70. The molecule has 0 atom stereocenters. The van der Waals surface area contributed by atoms with E-state index >= 15 is 0 Å². The molecule has 3 aromatic rings. The molecule has 3 aromatic heterocycles. The zero-order valence-corrected chi connectivity index (χ0v) is 16.5. The second kappa shape index (κ2) is 6.98. The fraction of sp³-hybridized carbons (Fsp3) is 0.368. The number of carbonyl (C=O) groups excluding carboxylic acids is 1. The van der Waals surface area contributed by atoms with Crippen LogP contribution in [0.1, 0.15) is 25.2 Å². The van der Waals surface area contributed by atoms with Crippen LogP contribution in [-0.2, 0) is 10.7 Å². The zero-order chi connectivity index (χ0) is 21.6. The highest BCUT2D eigenvalue weighted by molar-refractivity contribution is 5.95. The topological polar surface area (TPSA) is 113 Å². The molecule has 1 aliphatic heterocycles. The number of hydrogen-bond donors (Lipinski definition) is 1. The molecule has 1 amide bonds. The Bertz CT molecular complexity index is 1190. The van der Waals surface area contributed by atoms with Gasteiger partial charge >= 0.3 is 0 Å². The molecule has 0 spiro atoms. The fourth-order valence-corrected chi connectivity index (χ4v) is 3.24. The van der Waals surface area contributed by atoms with Crippen molar-refractivity contribution in [1.29, 1.82) is 5.26 Å². The van der Waals surface area contributed by atoms with Crippen molar-refractivity contribution in [1.82, 2.24) is 24.7 Å². The third kappa shape index (κ3) is 3.52. The van der Waals surface area contributed by atoms with Gasteiger partial charge in [0.1, 0.15) is 11.5 Å². The minimum Gasteiger partial charge on any atom is -0.352 e. The summed E-state index contributed by atoms with van der Waals surface area (Å²) in [5.41, 5.74) is 0.450. The van der Waals surface area contributed by atoms with Crippen LogP contribution in [0.2, 0.25) is 0 Å². The van der Waals surface area contributed by atoms with E-state index in [9.17, 15) is 13.6 Å². The van der Waals surface area contributed by atoms with Gasteiger partial charge in [0.15, 0.2) is 5.82 Å². The lowest BCUT2D eigenvalue weighted by molar-refractivity contribution is -0.114. The average Bonchev–Trinajstić information content (AvgIpc) is 2.98. The first-order valence-electron chi connectivity index (χ1n) is 9.21. The normalized spacial score (nSPS) is 14.5. The van der Waals surface area contributed by atoms with Crippen molar-refractivity contribution < 1.29 is 13.6 Å².